The second-order valence-corrected chi connectivity index (χ2v) is 4.63. The standard InChI is InChI=1S/C14H27N3O/c1-3-4-5-6-7-8-9-15-14-16-10-11-17(14)12-13-18-2/h10-11H,3-9,12-13H2,1-2H3,(H,15,16). The lowest BCUT2D eigenvalue weighted by molar-refractivity contribution is 0.187. The van der Waals surface area contributed by atoms with Crippen molar-refractivity contribution in [3.63, 3.8) is 0 Å². The van der Waals surface area contributed by atoms with Crippen LogP contribution < -0.4 is 5.32 Å². The predicted octanol–water partition coefficient (Wildman–Crippen LogP) is 3.30. The first kappa shape index (κ1) is 15.0. The zero-order chi connectivity index (χ0) is 13.1. The second kappa shape index (κ2) is 9.95. The van der Waals surface area contributed by atoms with Gasteiger partial charge in [-0.1, -0.05) is 39.0 Å². The first-order chi connectivity index (χ1) is 8.88. The summed E-state index contributed by atoms with van der Waals surface area (Å²) in [7, 11) is 1.72. The summed E-state index contributed by atoms with van der Waals surface area (Å²) in [6.45, 7) is 4.84. The third-order valence-corrected chi connectivity index (χ3v) is 3.07. The molecule has 4 nitrogen and oxygen atoms in total. The van der Waals surface area contributed by atoms with Crippen LogP contribution in [0.2, 0.25) is 0 Å². The molecule has 0 aliphatic carbocycles. The van der Waals surface area contributed by atoms with Crippen LogP contribution >= 0.6 is 0 Å². The van der Waals surface area contributed by atoms with E-state index in [4.69, 9.17) is 4.74 Å². The third kappa shape index (κ3) is 6.05. The summed E-state index contributed by atoms with van der Waals surface area (Å²) in [6.07, 6.45) is 11.8. The van der Waals surface area contributed by atoms with E-state index in [9.17, 15) is 0 Å². The minimum absolute atomic E-state index is 0.724. The highest BCUT2D eigenvalue weighted by Crippen LogP contribution is 2.07. The molecule has 0 aliphatic heterocycles. The van der Waals surface area contributed by atoms with E-state index >= 15 is 0 Å². The van der Waals surface area contributed by atoms with Gasteiger partial charge in [0.25, 0.3) is 0 Å². The van der Waals surface area contributed by atoms with E-state index in [1.807, 2.05) is 12.4 Å². The fourth-order valence-electron chi connectivity index (χ4n) is 1.95. The minimum atomic E-state index is 0.724. The fourth-order valence-corrected chi connectivity index (χ4v) is 1.95. The van der Waals surface area contributed by atoms with Crippen molar-refractivity contribution in [1.29, 1.82) is 0 Å². The molecule has 1 N–H and O–H groups in total. The van der Waals surface area contributed by atoms with Gasteiger partial charge in [0.15, 0.2) is 0 Å². The highest BCUT2D eigenvalue weighted by Gasteiger charge is 2.00. The number of nitrogens with one attached hydrogen (secondary N) is 1. The molecule has 4 heteroatoms. The average molecular weight is 253 g/mol. The Balaban J connectivity index is 2.09. The van der Waals surface area contributed by atoms with Crippen LogP contribution in [0.4, 0.5) is 5.95 Å². The van der Waals surface area contributed by atoms with Gasteiger partial charge >= 0.3 is 0 Å². The van der Waals surface area contributed by atoms with Crippen molar-refractivity contribution in [2.24, 2.45) is 0 Å². The van der Waals surface area contributed by atoms with E-state index in [2.05, 4.69) is 21.8 Å². The Bertz CT molecular complexity index is 299. The Kier molecular flexibility index (Phi) is 8.30. The third-order valence-electron chi connectivity index (χ3n) is 3.07. The van der Waals surface area contributed by atoms with Crippen molar-refractivity contribution in [3.05, 3.63) is 12.4 Å². The first-order valence-corrected chi connectivity index (χ1v) is 7.12. The molecule has 0 saturated heterocycles. The number of unbranched alkanes of at least 4 members (excludes halogenated alkanes) is 5. The van der Waals surface area contributed by atoms with Crippen molar-refractivity contribution < 1.29 is 4.74 Å². The monoisotopic (exact) mass is 253 g/mol. The van der Waals surface area contributed by atoms with E-state index in [1.54, 1.807) is 7.11 Å². The molecule has 1 aromatic rings. The smallest absolute Gasteiger partial charge is 0.202 e. The molecular formula is C14H27N3O. The van der Waals surface area contributed by atoms with Crippen LogP contribution in [-0.4, -0.2) is 29.8 Å². The topological polar surface area (TPSA) is 39.1 Å². The van der Waals surface area contributed by atoms with Crippen molar-refractivity contribution in [1.82, 2.24) is 9.55 Å². The molecule has 0 spiro atoms. The van der Waals surface area contributed by atoms with Crippen molar-refractivity contribution in [2.75, 3.05) is 25.6 Å². The molecule has 1 aromatic heterocycles. The highest BCUT2D eigenvalue weighted by molar-refractivity contribution is 5.25. The second-order valence-electron chi connectivity index (χ2n) is 4.63. The van der Waals surface area contributed by atoms with Crippen LogP contribution in [0.15, 0.2) is 12.4 Å². The van der Waals surface area contributed by atoms with Crippen LogP contribution in [-0.2, 0) is 11.3 Å². The Labute approximate surface area is 111 Å². The number of ether oxygens (including phenoxy) is 1. The first-order valence-electron chi connectivity index (χ1n) is 7.12. The van der Waals surface area contributed by atoms with Gasteiger partial charge in [-0.3, -0.25) is 0 Å². The number of nitrogens with zero attached hydrogens (tertiary/aromatic N) is 2. The van der Waals surface area contributed by atoms with Gasteiger partial charge in [-0.2, -0.15) is 0 Å². The van der Waals surface area contributed by atoms with Crippen LogP contribution in [0.3, 0.4) is 0 Å². The molecule has 1 rings (SSSR count). The maximum Gasteiger partial charge on any atom is 0.202 e. The van der Waals surface area contributed by atoms with E-state index in [1.165, 1.54) is 38.5 Å². The van der Waals surface area contributed by atoms with Crippen LogP contribution in [0.5, 0.6) is 0 Å². The summed E-state index contributed by atoms with van der Waals surface area (Å²) >= 11 is 0. The van der Waals surface area contributed by atoms with Crippen molar-refractivity contribution in [3.8, 4) is 0 Å². The average Bonchev–Trinajstić information content (AvgIpc) is 2.83. The molecule has 104 valence electrons. The van der Waals surface area contributed by atoms with Crippen LogP contribution in [0, 0.1) is 0 Å². The SMILES string of the molecule is CCCCCCCCNc1nccn1CCOC. The molecule has 0 aliphatic rings. The highest BCUT2D eigenvalue weighted by atomic mass is 16.5. The number of anilines is 1. The summed E-state index contributed by atoms with van der Waals surface area (Å²) < 4.78 is 7.17. The molecular weight excluding hydrogens is 226 g/mol. The molecule has 0 radical (unpaired) electrons. The van der Waals surface area contributed by atoms with Crippen LogP contribution in [0.1, 0.15) is 45.4 Å². The minimum Gasteiger partial charge on any atom is -0.383 e. The van der Waals surface area contributed by atoms with Gasteiger partial charge < -0.3 is 14.6 Å². The van der Waals surface area contributed by atoms with Gasteiger partial charge in [-0.15, -0.1) is 0 Å². The van der Waals surface area contributed by atoms with Gasteiger partial charge in [-0.05, 0) is 6.42 Å². The summed E-state index contributed by atoms with van der Waals surface area (Å²) in [5.74, 6) is 0.959. The molecule has 0 amide bonds. The zero-order valence-corrected chi connectivity index (χ0v) is 11.8. The van der Waals surface area contributed by atoms with E-state index < -0.39 is 0 Å². The van der Waals surface area contributed by atoms with Gasteiger partial charge in [0.1, 0.15) is 0 Å². The summed E-state index contributed by atoms with van der Waals surface area (Å²) in [4.78, 5) is 4.31. The molecule has 0 fully saturated rings. The van der Waals surface area contributed by atoms with E-state index in [0.29, 0.717) is 0 Å². The Morgan fingerprint density at radius 1 is 1.22 bits per heavy atom. The normalized spacial score (nSPS) is 10.8. The maximum absolute atomic E-state index is 5.07. The Morgan fingerprint density at radius 2 is 2.00 bits per heavy atom. The molecule has 0 bridgehead atoms. The number of aromatic nitrogens is 2. The number of imidazole rings is 1. The van der Waals surface area contributed by atoms with Crippen molar-refractivity contribution >= 4 is 5.95 Å². The molecule has 0 aromatic carbocycles. The number of rotatable bonds is 11. The Morgan fingerprint density at radius 3 is 2.78 bits per heavy atom. The molecule has 0 unspecified atom stereocenters. The molecule has 0 saturated carbocycles. The van der Waals surface area contributed by atoms with Gasteiger partial charge in [0.05, 0.1) is 6.61 Å². The van der Waals surface area contributed by atoms with Gasteiger partial charge in [0, 0.05) is 32.6 Å². The zero-order valence-electron chi connectivity index (χ0n) is 11.8. The lowest BCUT2D eigenvalue weighted by Gasteiger charge is -2.09. The summed E-state index contributed by atoms with van der Waals surface area (Å²) in [5.41, 5.74) is 0. The lowest BCUT2D eigenvalue weighted by Crippen LogP contribution is -2.11. The Hall–Kier alpha value is -1.03. The number of hydrogen-bond acceptors (Lipinski definition) is 3. The predicted molar refractivity (Wildman–Crippen MR) is 76.0 cm³/mol. The molecule has 0 atom stereocenters. The maximum atomic E-state index is 5.07. The van der Waals surface area contributed by atoms with Gasteiger partial charge in [-0.25, -0.2) is 4.98 Å². The van der Waals surface area contributed by atoms with Gasteiger partial charge in [0.2, 0.25) is 5.95 Å². The number of methoxy groups -OCH3 is 1. The summed E-state index contributed by atoms with van der Waals surface area (Å²) in [6, 6.07) is 0. The van der Waals surface area contributed by atoms with Crippen molar-refractivity contribution in [2.45, 2.75) is 52.0 Å². The molecule has 18 heavy (non-hydrogen) atoms. The summed E-state index contributed by atoms with van der Waals surface area (Å²) in [5, 5.41) is 3.39. The van der Waals surface area contributed by atoms with Crippen LogP contribution in [0.25, 0.3) is 0 Å². The quantitative estimate of drug-likeness (QED) is 0.615. The van der Waals surface area contributed by atoms with E-state index in [-0.39, 0.29) is 0 Å². The molecule has 1 heterocycles. The largest absolute Gasteiger partial charge is 0.383 e. The number of hydrogen-bond donors (Lipinski definition) is 1. The lowest BCUT2D eigenvalue weighted by atomic mass is 10.1. The fraction of sp³-hybridized carbons (Fsp3) is 0.786. The van der Waals surface area contributed by atoms with E-state index in [0.717, 1.165) is 25.6 Å².